The van der Waals surface area contributed by atoms with E-state index in [9.17, 15) is 0 Å². The zero-order chi connectivity index (χ0) is 10.3. The summed E-state index contributed by atoms with van der Waals surface area (Å²) in [5.41, 5.74) is 4.57. The second kappa shape index (κ2) is 3.79. The molecule has 2 atom stereocenters. The van der Waals surface area contributed by atoms with E-state index in [1.54, 1.807) is 5.57 Å². The Kier molecular flexibility index (Phi) is 2.44. The van der Waals surface area contributed by atoms with Gasteiger partial charge in [-0.3, -0.25) is 0 Å². The molecule has 0 aromatic rings. The van der Waals surface area contributed by atoms with Crippen LogP contribution in [0.2, 0.25) is 0 Å². The maximum atomic E-state index is 3.56. The van der Waals surface area contributed by atoms with Crippen LogP contribution in [0.5, 0.6) is 0 Å². The van der Waals surface area contributed by atoms with E-state index >= 15 is 0 Å². The molecule has 0 radical (unpaired) electrons. The smallest absolute Gasteiger partial charge is 0.00370 e. The van der Waals surface area contributed by atoms with Gasteiger partial charge in [0.15, 0.2) is 0 Å². The maximum absolute atomic E-state index is 3.56. The van der Waals surface area contributed by atoms with Gasteiger partial charge in [0.25, 0.3) is 0 Å². The van der Waals surface area contributed by atoms with Crippen LogP contribution < -0.4 is 0 Å². The zero-order valence-corrected chi connectivity index (χ0v) is 10.3. The lowest BCUT2D eigenvalue weighted by atomic mass is 9.86. The van der Waals surface area contributed by atoms with Gasteiger partial charge in [-0.05, 0) is 42.2 Å². The highest BCUT2D eigenvalue weighted by molar-refractivity contribution is 9.09. The maximum Gasteiger partial charge on any atom is 0.00370 e. The Morgan fingerprint density at radius 2 is 2.20 bits per heavy atom. The number of halogens is 1. The molecule has 1 heteroatoms. The fourth-order valence-electron chi connectivity index (χ4n) is 2.99. The Morgan fingerprint density at radius 3 is 3.07 bits per heavy atom. The third kappa shape index (κ3) is 1.57. The van der Waals surface area contributed by atoms with Crippen LogP contribution in [-0.4, -0.2) is 5.33 Å². The molecule has 78 valence electrons. The van der Waals surface area contributed by atoms with Crippen molar-refractivity contribution in [2.75, 3.05) is 5.33 Å². The molecule has 0 amide bonds. The van der Waals surface area contributed by atoms with Crippen molar-refractivity contribution in [1.29, 1.82) is 0 Å². The molecular weight excluding hydrogens is 248 g/mol. The standard InChI is InChI=1S/C14H15Br/c15-7-6-10-4-5-13-8-11-2-1-3-12(11)9-14(10)13/h1-3,8-10,13H,4-7H2. The highest BCUT2D eigenvalue weighted by Crippen LogP contribution is 2.45. The molecule has 0 aliphatic heterocycles. The minimum Gasteiger partial charge on any atom is -0.0928 e. The van der Waals surface area contributed by atoms with E-state index in [0.717, 1.165) is 17.2 Å². The van der Waals surface area contributed by atoms with Crippen LogP contribution in [0.3, 0.4) is 0 Å². The van der Waals surface area contributed by atoms with Crippen LogP contribution in [0, 0.1) is 11.8 Å². The second-order valence-corrected chi connectivity index (χ2v) is 5.40. The summed E-state index contributed by atoms with van der Waals surface area (Å²) in [6, 6.07) is 0. The summed E-state index contributed by atoms with van der Waals surface area (Å²) in [6.07, 6.45) is 15.6. The molecule has 3 aliphatic rings. The Hall–Kier alpha value is -0.560. The van der Waals surface area contributed by atoms with Gasteiger partial charge in [0.05, 0.1) is 0 Å². The fourth-order valence-corrected chi connectivity index (χ4v) is 3.54. The number of allylic oxidation sites excluding steroid dienone is 8. The first-order chi connectivity index (χ1) is 7.38. The van der Waals surface area contributed by atoms with Gasteiger partial charge in [0, 0.05) is 5.33 Å². The SMILES string of the molecule is BrCCC1CCC2C=C3C=CC=C3C=C21. The van der Waals surface area contributed by atoms with Gasteiger partial charge in [-0.25, -0.2) is 0 Å². The van der Waals surface area contributed by atoms with Crippen LogP contribution in [0.15, 0.2) is 47.1 Å². The van der Waals surface area contributed by atoms with Crippen LogP contribution >= 0.6 is 15.9 Å². The summed E-state index contributed by atoms with van der Waals surface area (Å²) >= 11 is 3.56. The van der Waals surface area contributed by atoms with E-state index in [0.29, 0.717) is 0 Å². The number of hydrogen-bond acceptors (Lipinski definition) is 0. The molecule has 3 rings (SSSR count). The lowest BCUT2D eigenvalue weighted by Gasteiger charge is -2.19. The summed E-state index contributed by atoms with van der Waals surface area (Å²) in [5, 5.41) is 1.13. The van der Waals surface area contributed by atoms with Crippen molar-refractivity contribution in [3.8, 4) is 0 Å². The fraction of sp³-hybridized carbons (Fsp3) is 0.429. The molecule has 2 unspecified atom stereocenters. The van der Waals surface area contributed by atoms with E-state index in [1.165, 1.54) is 30.4 Å². The number of alkyl halides is 1. The Labute approximate surface area is 99.6 Å². The van der Waals surface area contributed by atoms with E-state index in [2.05, 4.69) is 46.3 Å². The number of rotatable bonds is 2. The van der Waals surface area contributed by atoms with E-state index in [1.807, 2.05) is 0 Å². The highest BCUT2D eigenvalue weighted by Gasteiger charge is 2.31. The first-order valence-electron chi connectivity index (χ1n) is 5.76. The minimum atomic E-state index is 0.740. The molecule has 1 fully saturated rings. The van der Waals surface area contributed by atoms with Gasteiger partial charge < -0.3 is 0 Å². The quantitative estimate of drug-likeness (QED) is 0.656. The zero-order valence-electron chi connectivity index (χ0n) is 8.75. The Morgan fingerprint density at radius 1 is 1.27 bits per heavy atom. The van der Waals surface area contributed by atoms with Crippen molar-refractivity contribution in [2.45, 2.75) is 19.3 Å². The average molecular weight is 263 g/mol. The van der Waals surface area contributed by atoms with Gasteiger partial charge in [-0.1, -0.05) is 51.9 Å². The summed E-state index contributed by atoms with van der Waals surface area (Å²) in [5.74, 6) is 1.57. The van der Waals surface area contributed by atoms with Gasteiger partial charge in [-0.15, -0.1) is 0 Å². The summed E-state index contributed by atoms with van der Waals surface area (Å²) < 4.78 is 0. The predicted molar refractivity (Wildman–Crippen MR) is 68.0 cm³/mol. The molecule has 0 heterocycles. The van der Waals surface area contributed by atoms with Crippen LogP contribution in [0.25, 0.3) is 0 Å². The summed E-state index contributed by atoms with van der Waals surface area (Å²) in [7, 11) is 0. The molecule has 1 saturated carbocycles. The predicted octanol–water partition coefficient (Wildman–Crippen LogP) is 4.16. The van der Waals surface area contributed by atoms with E-state index < -0.39 is 0 Å². The van der Waals surface area contributed by atoms with Crippen molar-refractivity contribution in [2.24, 2.45) is 11.8 Å². The van der Waals surface area contributed by atoms with Crippen LogP contribution in [0.4, 0.5) is 0 Å². The number of hydrogen-bond donors (Lipinski definition) is 0. The normalized spacial score (nSPS) is 31.9. The molecule has 0 nitrogen and oxygen atoms in total. The van der Waals surface area contributed by atoms with Gasteiger partial charge in [0.1, 0.15) is 0 Å². The van der Waals surface area contributed by atoms with E-state index in [4.69, 9.17) is 0 Å². The van der Waals surface area contributed by atoms with Crippen LogP contribution in [-0.2, 0) is 0 Å². The molecular formula is C14H15Br. The molecule has 3 aliphatic carbocycles. The minimum absolute atomic E-state index is 0.740. The molecule has 0 spiro atoms. The monoisotopic (exact) mass is 262 g/mol. The second-order valence-electron chi connectivity index (χ2n) is 4.61. The Balaban J connectivity index is 1.91. The van der Waals surface area contributed by atoms with Gasteiger partial charge >= 0.3 is 0 Å². The largest absolute Gasteiger partial charge is 0.0928 e. The molecule has 0 aromatic heterocycles. The van der Waals surface area contributed by atoms with Crippen molar-refractivity contribution in [3.63, 3.8) is 0 Å². The first kappa shape index (κ1) is 9.65. The lowest BCUT2D eigenvalue weighted by Crippen LogP contribution is -2.06. The van der Waals surface area contributed by atoms with Crippen molar-refractivity contribution in [1.82, 2.24) is 0 Å². The third-order valence-electron chi connectivity index (χ3n) is 3.77. The van der Waals surface area contributed by atoms with Gasteiger partial charge in [-0.2, -0.15) is 0 Å². The average Bonchev–Trinajstić information content (AvgIpc) is 2.82. The number of fused-ring (bicyclic) bond motifs is 2. The summed E-state index contributed by atoms with van der Waals surface area (Å²) in [6.45, 7) is 0. The molecule has 15 heavy (non-hydrogen) atoms. The van der Waals surface area contributed by atoms with E-state index in [-0.39, 0.29) is 0 Å². The third-order valence-corrected chi connectivity index (χ3v) is 4.23. The first-order valence-corrected chi connectivity index (χ1v) is 6.88. The van der Waals surface area contributed by atoms with Crippen molar-refractivity contribution in [3.05, 3.63) is 47.1 Å². The van der Waals surface area contributed by atoms with Crippen LogP contribution in [0.1, 0.15) is 19.3 Å². The van der Waals surface area contributed by atoms with Crippen molar-refractivity contribution >= 4 is 15.9 Å². The lowest BCUT2D eigenvalue weighted by molar-refractivity contribution is 0.613. The summed E-state index contributed by atoms with van der Waals surface area (Å²) in [4.78, 5) is 0. The molecule has 0 bridgehead atoms. The van der Waals surface area contributed by atoms with Gasteiger partial charge in [0.2, 0.25) is 0 Å². The van der Waals surface area contributed by atoms with Crippen molar-refractivity contribution < 1.29 is 0 Å². The Bertz CT molecular complexity index is 396. The topological polar surface area (TPSA) is 0 Å². The molecule has 0 aromatic carbocycles. The highest BCUT2D eigenvalue weighted by atomic mass is 79.9. The molecule has 0 N–H and O–H groups in total. The molecule has 0 saturated heterocycles.